The molecule has 0 fully saturated rings. The normalized spacial score (nSPS) is 12.4. The summed E-state index contributed by atoms with van der Waals surface area (Å²) in [6.45, 7) is 11.8. The van der Waals surface area contributed by atoms with Gasteiger partial charge in [0, 0.05) is 18.2 Å². The summed E-state index contributed by atoms with van der Waals surface area (Å²) in [5.74, 6) is 0.702. The van der Waals surface area contributed by atoms with Crippen molar-refractivity contribution in [3.63, 3.8) is 0 Å². The summed E-state index contributed by atoms with van der Waals surface area (Å²) in [5, 5.41) is 4.54. The Labute approximate surface area is 92.7 Å². The van der Waals surface area contributed by atoms with E-state index in [4.69, 9.17) is 5.73 Å². The van der Waals surface area contributed by atoms with Crippen molar-refractivity contribution in [2.75, 3.05) is 5.73 Å². The van der Waals surface area contributed by atoms with Gasteiger partial charge >= 0.3 is 0 Å². The molecule has 0 saturated carbocycles. The average molecular weight is 209 g/mol. The minimum absolute atomic E-state index is 0.0349. The molecule has 1 heterocycles. The molecule has 1 rings (SSSR count). The van der Waals surface area contributed by atoms with Gasteiger partial charge in [0.25, 0.3) is 0 Å². The second-order valence-corrected chi connectivity index (χ2v) is 5.63. The highest BCUT2D eigenvalue weighted by molar-refractivity contribution is 5.44. The van der Waals surface area contributed by atoms with Crippen molar-refractivity contribution in [2.45, 2.75) is 53.0 Å². The summed E-state index contributed by atoms with van der Waals surface area (Å²) in [5.41, 5.74) is 7.80. The van der Waals surface area contributed by atoms with Crippen molar-refractivity contribution in [3.05, 3.63) is 11.9 Å². The molecule has 0 aliphatic heterocycles. The van der Waals surface area contributed by atoms with Crippen LogP contribution in [0, 0.1) is 5.92 Å². The zero-order valence-corrected chi connectivity index (χ0v) is 10.5. The second-order valence-electron chi connectivity index (χ2n) is 5.63. The van der Waals surface area contributed by atoms with Crippen LogP contribution in [0.3, 0.4) is 0 Å². The van der Waals surface area contributed by atoms with E-state index in [9.17, 15) is 0 Å². The SMILES string of the molecule is CC(C)CCn1cc(N)c(C(C)(C)C)n1. The highest BCUT2D eigenvalue weighted by atomic mass is 15.3. The fourth-order valence-corrected chi connectivity index (χ4v) is 1.52. The molecular weight excluding hydrogens is 186 g/mol. The molecule has 0 saturated heterocycles. The second kappa shape index (κ2) is 4.25. The molecule has 1 aromatic heterocycles. The van der Waals surface area contributed by atoms with Crippen LogP contribution in [0.25, 0.3) is 0 Å². The number of aromatic nitrogens is 2. The third-order valence-corrected chi connectivity index (χ3v) is 2.44. The number of rotatable bonds is 3. The Morgan fingerprint density at radius 3 is 2.40 bits per heavy atom. The molecule has 0 aromatic carbocycles. The van der Waals surface area contributed by atoms with Crippen LogP contribution < -0.4 is 5.73 Å². The minimum atomic E-state index is 0.0349. The standard InChI is InChI=1S/C12H23N3/c1-9(2)6-7-15-8-10(13)11(14-15)12(3,4)5/h8-9H,6-7,13H2,1-5H3. The van der Waals surface area contributed by atoms with Gasteiger partial charge in [0.1, 0.15) is 0 Å². The number of nitrogens with two attached hydrogens (primary N) is 1. The maximum Gasteiger partial charge on any atom is 0.0907 e. The van der Waals surface area contributed by atoms with Crippen molar-refractivity contribution in [2.24, 2.45) is 5.92 Å². The summed E-state index contributed by atoms with van der Waals surface area (Å²) in [6, 6.07) is 0. The van der Waals surface area contributed by atoms with Crippen LogP contribution in [0.2, 0.25) is 0 Å². The van der Waals surface area contributed by atoms with E-state index < -0.39 is 0 Å². The highest BCUT2D eigenvalue weighted by Gasteiger charge is 2.20. The number of nitrogens with zero attached hydrogens (tertiary/aromatic N) is 2. The van der Waals surface area contributed by atoms with E-state index in [-0.39, 0.29) is 5.41 Å². The lowest BCUT2D eigenvalue weighted by Crippen LogP contribution is -2.15. The summed E-state index contributed by atoms with van der Waals surface area (Å²) in [4.78, 5) is 0. The Balaban J connectivity index is 2.78. The lowest BCUT2D eigenvalue weighted by atomic mass is 9.92. The molecule has 0 atom stereocenters. The van der Waals surface area contributed by atoms with Crippen LogP contribution in [-0.4, -0.2) is 9.78 Å². The summed E-state index contributed by atoms with van der Waals surface area (Å²) in [7, 11) is 0. The molecule has 15 heavy (non-hydrogen) atoms. The van der Waals surface area contributed by atoms with E-state index in [2.05, 4.69) is 39.7 Å². The number of nitrogen functional groups attached to an aromatic ring is 1. The molecule has 2 N–H and O–H groups in total. The average Bonchev–Trinajstić information content (AvgIpc) is 2.42. The van der Waals surface area contributed by atoms with Crippen LogP contribution in [-0.2, 0) is 12.0 Å². The third kappa shape index (κ3) is 3.26. The lowest BCUT2D eigenvalue weighted by molar-refractivity contribution is 0.472. The number of hydrogen-bond donors (Lipinski definition) is 1. The summed E-state index contributed by atoms with van der Waals surface area (Å²) in [6.07, 6.45) is 3.09. The molecule has 0 amide bonds. The van der Waals surface area contributed by atoms with Gasteiger partial charge in [0.05, 0.1) is 11.4 Å². The highest BCUT2D eigenvalue weighted by Crippen LogP contribution is 2.25. The molecule has 3 heteroatoms. The molecule has 0 unspecified atom stereocenters. The van der Waals surface area contributed by atoms with Gasteiger partial charge in [0.15, 0.2) is 0 Å². The van der Waals surface area contributed by atoms with Crippen molar-refractivity contribution in [1.82, 2.24) is 9.78 Å². The lowest BCUT2D eigenvalue weighted by Gasteiger charge is -2.15. The van der Waals surface area contributed by atoms with E-state index in [1.165, 1.54) is 0 Å². The first-order chi connectivity index (χ1) is 6.80. The molecule has 0 aliphatic rings. The largest absolute Gasteiger partial charge is 0.396 e. The van der Waals surface area contributed by atoms with Gasteiger partial charge < -0.3 is 5.73 Å². The summed E-state index contributed by atoms with van der Waals surface area (Å²) < 4.78 is 1.97. The van der Waals surface area contributed by atoms with Gasteiger partial charge in [-0.2, -0.15) is 5.10 Å². The van der Waals surface area contributed by atoms with Gasteiger partial charge in [-0.15, -0.1) is 0 Å². The predicted molar refractivity (Wildman–Crippen MR) is 64.8 cm³/mol. The Morgan fingerprint density at radius 1 is 1.40 bits per heavy atom. The smallest absolute Gasteiger partial charge is 0.0907 e. The fraction of sp³-hybridized carbons (Fsp3) is 0.750. The van der Waals surface area contributed by atoms with Gasteiger partial charge in [-0.05, 0) is 12.3 Å². The van der Waals surface area contributed by atoms with E-state index in [1.807, 2.05) is 10.9 Å². The van der Waals surface area contributed by atoms with Crippen LogP contribution in [0.5, 0.6) is 0 Å². The zero-order chi connectivity index (χ0) is 11.6. The molecular formula is C12H23N3. The Morgan fingerprint density at radius 2 is 2.00 bits per heavy atom. The van der Waals surface area contributed by atoms with Gasteiger partial charge in [-0.1, -0.05) is 34.6 Å². The monoisotopic (exact) mass is 209 g/mol. The van der Waals surface area contributed by atoms with Crippen molar-refractivity contribution >= 4 is 5.69 Å². The quantitative estimate of drug-likeness (QED) is 0.832. The molecule has 1 aromatic rings. The fourth-order valence-electron chi connectivity index (χ4n) is 1.52. The van der Waals surface area contributed by atoms with E-state index >= 15 is 0 Å². The van der Waals surface area contributed by atoms with Gasteiger partial charge in [0.2, 0.25) is 0 Å². The van der Waals surface area contributed by atoms with Crippen molar-refractivity contribution < 1.29 is 0 Å². The van der Waals surface area contributed by atoms with E-state index in [0.717, 1.165) is 24.3 Å². The Bertz CT molecular complexity index is 318. The van der Waals surface area contributed by atoms with Crippen LogP contribution in [0.15, 0.2) is 6.20 Å². The molecule has 86 valence electrons. The zero-order valence-electron chi connectivity index (χ0n) is 10.5. The maximum absolute atomic E-state index is 5.95. The first kappa shape index (κ1) is 12.1. The van der Waals surface area contributed by atoms with Crippen LogP contribution in [0.4, 0.5) is 5.69 Å². The Hall–Kier alpha value is -0.990. The summed E-state index contributed by atoms with van der Waals surface area (Å²) >= 11 is 0. The van der Waals surface area contributed by atoms with Crippen molar-refractivity contribution in [3.8, 4) is 0 Å². The van der Waals surface area contributed by atoms with Crippen molar-refractivity contribution in [1.29, 1.82) is 0 Å². The number of aryl methyl sites for hydroxylation is 1. The van der Waals surface area contributed by atoms with Crippen LogP contribution in [0.1, 0.15) is 46.7 Å². The van der Waals surface area contributed by atoms with E-state index in [0.29, 0.717) is 5.92 Å². The molecule has 0 radical (unpaired) electrons. The number of anilines is 1. The van der Waals surface area contributed by atoms with Crippen LogP contribution >= 0.6 is 0 Å². The maximum atomic E-state index is 5.95. The predicted octanol–water partition coefficient (Wildman–Crippen LogP) is 2.81. The van der Waals surface area contributed by atoms with E-state index in [1.54, 1.807) is 0 Å². The molecule has 3 nitrogen and oxygen atoms in total. The van der Waals surface area contributed by atoms with Gasteiger partial charge in [-0.25, -0.2) is 0 Å². The topological polar surface area (TPSA) is 43.8 Å². The minimum Gasteiger partial charge on any atom is -0.396 e. The third-order valence-electron chi connectivity index (χ3n) is 2.44. The molecule has 0 aliphatic carbocycles. The first-order valence-corrected chi connectivity index (χ1v) is 5.64. The first-order valence-electron chi connectivity index (χ1n) is 5.64. The number of hydrogen-bond acceptors (Lipinski definition) is 2. The molecule has 0 spiro atoms. The Kier molecular flexibility index (Phi) is 3.42. The van der Waals surface area contributed by atoms with Gasteiger partial charge in [-0.3, -0.25) is 4.68 Å². The molecule has 0 bridgehead atoms.